The minimum atomic E-state index is -0.417. The number of aryl methyl sites for hydroxylation is 2. The Kier molecular flexibility index (Phi) is 3.63. The van der Waals surface area contributed by atoms with Gasteiger partial charge < -0.3 is 9.42 Å². The molecule has 0 radical (unpaired) electrons. The van der Waals surface area contributed by atoms with Gasteiger partial charge in [-0.1, -0.05) is 5.16 Å². The summed E-state index contributed by atoms with van der Waals surface area (Å²) in [6.45, 7) is 5.54. The lowest BCUT2D eigenvalue weighted by Crippen LogP contribution is -2.37. The number of non-ortho nitro benzene ring substituents is 1. The third-order valence-corrected chi connectivity index (χ3v) is 4.27. The second kappa shape index (κ2) is 5.49. The lowest BCUT2D eigenvalue weighted by molar-refractivity contribution is -0.384. The van der Waals surface area contributed by atoms with Gasteiger partial charge in [-0.3, -0.25) is 14.9 Å². The lowest BCUT2D eigenvalue weighted by atomic mass is 10.1. The van der Waals surface area contributed by atoms with Crippen LogP contribution in [0.3, 0.4) is 0 Å². The Balaban J connectivity index is 1.90. The van der Waals surface area contributed by atoms with Crippen LogP contribution in [0.2, 0.25) is 0 Å². The van der Waals surface area contributed by atoms with E-state index >= 15 is 0 Å². The molecule has 7 nitrogen and oxygen atoms in total. The number of nitrogens with zero attached hydrogens (tertiary/aromatic N) is 3. The van der Waals surface area contributed by atoms with Crippen LogP contribution in [0, 0.1) is 24.0 Å². The number of nitro benzene ring substituents is 1. The maximum Gasteiger partial charge on any atom is 0.269 e. The SMILES string of the molecule is Cc1noc(C)c1CC(=O)N1c2ccc([N+](=O)[O-])cc2CC1C. The Bertz CT molecular complexity index is 777. The predicted molar refractivity (Wildman–Crippen MR) is 83.4 cm³/mol. The molecule has 2 heterocycles. The smallest absolute Gasteiger partial charge is 0.269 e. The van der Waals surface area contributed by atoms with Gasteiger partial charge in [0.15, 0.2) is 0 Å². The molecule has 0 spiro atoms. The molecule has 2 aromatic rings. The minimum absolute atomic E-state index is 0.0278. The maximum atomic E-state index is 12.7. The molecule has 23 heavy (non-hydrogen) atoms. The summed E-state index contributed by atoms with van der Waals surface area (Å²) in [7, 11) is 0. The number of fused-ring (bicyclic) bond motifs is 1. The van der Waals surface area contributed by atoms with Crippen molar-refractivity contribution in [3.63, 3.8) is 0 Å². The molecule has 1 unspecified atom stereocenters. The number of hydrogen-bond donors (Lipinski definition) is 0. The molecule has 1 aromatic heterocycles. The molecule has 120 valence electrons. The highest BCUT2D eigenvalue weighted by atomic mass is 16.6. The van der Waals surface area contributed by atoms with Gasteiger partial charge in [0.2, 0.25) is 5.91 Å². The molecule has 3 rings (SSSR count). The summed E-state index contributed by atoms with van der Waals surface area (Å²) in [5, 5.41) is 14.8. The first-order chi connectivity index (χ1) is 10.9. The van der Waals surface area contributed by atoms with Crippen molar-refractivity contribution in [2.24, 2.45) is 0 Å². The summed E-state index contributed by atoms with van der Waals surface area (Å²) >= 11 is 0. The predicted octanol–water partition coefficient (Wildman–Crippen LogP) is 2.72. The highest BCUT2D eigenvalue weighted by Gasteiger charge is 2.32. The molecule has 1 amide bonds. The number of carbonyl (C=O) groups is 1. The van der Waals surface area contributed by atoms with E-state index in [2.05, 4.69) is 5.16 Å². The fourth-order valence-corrected chi connectivity index (χ4v) is 3.10. The van der Waals surface area contributed by atoms with Gasteiger partial charge in [0, 0.05) is 29.4 Å². The molecule has 0 N–H and O–H groups in total. The Morgan fingerprint density at radius 1 is 1.48 bits per heavy atom. The van der Waals surface area contributed by atoms with Gasteiger partial charge in [-0.05, 0) is 38.8 Å². The van der Waals surface area contributed by atoms with Gasteiger partial charge in [-0.25, -0.2) is 0 Å². The van der Waals surface area contributed by atoms with E-state index < -0.39 is 4.92 Å². The molecular formula is C16H17N3O4. The van der Waals surface area contributed by atoms with Gasteiger partial charge in [0.1, 0.15) is 5.76 Å². The number of hydrogen-bond acceptors (Lipinski definition) is 5. The number of aromatic nitrogens is 1. The van der Waals surface area contributed by atoms with Crippen LogP contribution in [-0.4, -0.2) is 22.0 Å². The van der Waals surface area contributed by atoms with Crippen molar-refractivity contribution in [2.75, 3.05) is 4.90 Å². The number of anilines is 1. The fraction of sp³-hybridized carbons (Fsp3) is 0.375. The number of rotatable bonds is 3. The zero-order valence-corrected chi connectivity index (χ0v) is 13.2. The third kappa shape index (κ3) is 2.58. The summed E-state index contributed by atoms with van der Waals surface area (Å²) in [5.74, 6) is 0.589. The first-order valence-electron chi connectivity index (χ1n) is 7.39. The number of carbonyl (C=O) groups excluding carboxylic acids is 1. The highest BCUT2D eigenvalue weighted by Crippen LogP contribution is 2.35. The van der Waals surface area contributed by atoms with Crippen molar-refractivity contribution in [1.82, 2.24) is 5.16 Å². The zero-order chi connectivity index (χ0) is 16.7. The van der Waals surface area contributed by atoms with Crippen molar-refractivity contribution in [3.05, 3.63) is 50.9 Å². The van der Waals surface area contributed by atoms with E-state index in [4.69, 9.17) is 4.52 Å². The molecule has 0 saturated heterocycles. The molecule has 0 fully saturated rings. The summed E-state index contributed by atoms with van der Waals surface area (Å²) < 4.78 is 5.10. The minimum Gasteiger partial charge on any atom is -0.361 e. The summed E-state index contributed by atoms with van der Waals surface area (Å²) in [4.78, 5) is 24.9. The number of benzene rings is 1. The quantitative estimate of drug-likeness (QED) is 0.641. The van der Waals surface area contributed by atoms with Crippen LogP contribution in [0.5, 0.6) is 0 Å². The average Bonchev–Trinajstić information content (AvgIpc) is 2.99. The molecule has 0 aliphatic carbocycles. The van der Waals surface area contributed by atoms with Gasteiger partial charge in [-0.15, -0.1) is 0 Å². The van der Waals surface area contributed by atoms with Crippen LogP contribution in [-0.2, 0) is 17.6 Å². The van der Waals surface area contributed by atoms with Gasteiger partial charge >= 0.3 is 0 Å². The van der Waals surface area contributed by atoms with E-state index in [0.717, 1.165) is 16.8 Å². The van der Waals surface area contributed by atoms with E-state index in [1.54, 1.807) is 24.0 Å². The highest BCUT2D eigenvalue weighted by molar-refractivity contribution is 5.97. The Labute approximate surface area is 133 Å². The van der Waals surface area contributed by atoms with E-state index in [0.29, 0.717) is 17.9 Å². The number of amides is 1. The Morgan fingerprint density at radius 2 is 2.22 bits per heavy atom. The first kappa shape index (κ1) is 15.2. The van der Waals surface area contributed by atoms with E-state index in [9.17, 15) is 14.9 Å². The summed E-state index contributed by atoms with van der Waals surface area (Å²) in [5.41, 5.74) is 3.15. The van der Waals surface area contributed by atoms with Crippen LogP contribution < -0.4 is 4.90 Å². The van der Waals surface area contributed by atoms with Crippen molar-refractivity contribution in [2.45, 2.75) is 39.7 Å². The molecular weight excluding hydrogens is 298 g/mol. The van der Waals surface area contributed by atoms with E-state index in [1.165, 1.54) is 6.07 Å². The molecule has 0 bridgehead atoms. The largest absolute Gasteiger partial charge is 0.361 e. The topological polar surface area (TPSA) is 89.5 Å². The second-order valence-electron chi connectivity index (χ2n) is 5.87. The molecule has 7 heteroatoms. The number of nitro groups is 1. The van der Waals surface area contributed by atoms with Crippen LogP contribution in [0.1, 0.15) is 29.5 Å². The van der Waals surface area contributed by atoms with Crippen molar-refractivity contribution < 1.29 is 14.2 Å². The normalized spacial score (nSPS) is 16.5. The monoisotopic (exact) mass is 315 g/mol. The zero-order valence-electron chi connectivity index (χ0n) is 13.2. The van der Waals surface area contributed by atoms with Gasteiger partial charge in [-0.2, -0.15) is 0 Å². The lowest BCUT2D eigenvalue weighted by Gasteiger charge is -2.22. The van der Waals surface area contributed by atoms with Crippen LogP contribution >= 0.6 is 0 Å². The van der Waals surface area contributed by atoms with Crippen LogP contribution in [0.4, 0.5) is 11.4 Å². The maximum absolute atomic E-state index is 12.7. The first-order valence-corrected chi connectivity index (χ1v) is 7.39. The fourth-order valence-electron chi connectivity index (χ4n) is 3.10. The van der Waals surface area contributed by atoms with E-state index in [-0.39, 0.29) is 24.1 Å². The standard InChI is InChI=1S/C16H17N3O4/c1-9-6-12-7-13(19(21)22)4-5-15(12)18(9)16(20)8-14-10(2)17-23-11(14)3/h4-5,7,9H,6,8H2,1-3H3. The average molecular weight is 315 g/mol. The Morgan fingerprint density at radius 3 is 2.83 bits per heavy atom. The second-order valence-corrected chi connectivity index (χ2v) is 5.87. The van der Waals surface area contributed by atoms with Crippen LogP contribution in [0.15, 0.2) is 22.7 Å². The van der Waals surface area contributed by atoms with Crippen LogP contribution in [0.25, 0.3) is 0 Å². The van der Waals surface area contributed by atoms with Crippen molar-refractivity contribution in [1.29, 1.82) is 0 Å². The van der Waals surface area contributed by atoms with Gasteiger partial charge in [0.25, 0.3) is 5.69 Å². The summed E-state index contributed by atoms with van der Waals surface area (Å²) in [6, 6.07) is 4.62. The summed E-state index contributed by atoms with van der Waals surface area (Å²) in [6.07, 6.45) is 0.826. The van der Waals surface area contributed by atoms with Gasteiger partial charge in [0.05, 0.1) is 17.0 Å². The molecule has 1 aliphatic heterocycles. The van der Waals surface area contributed by atoms with Crippen molar-refractivity contribution >= 4 is 17.3 Å². The van der Waals surface area contributed by atoms with E-state index in [1.807, 2.05) is 13.8 Å². The molecule has 1 atom stereocenters. The van der Waals surface area contributed by atoms with Crippen molar-refractivity contribution in [3.8, 4) is 0 Å². The Hall–Kier alpha value is -2.70. The molecule has 1 aliphatic rings. The third-order valence-electron chi connectivity index (χ3n) is 4.27. The molecule has 1 aromatic carbocycles. The molecule has 0 saturated carbocycles.